The van der Waals surface area contributed by atoms with Crippen LogP contribution in [0.15, 0.2) is 27.6 Å². The van der Waals surface area contributed by atoms with Gasteiger partial charge in [-0.15, -0.1) is 0 Å². The van der Waals surface area contributed by atoms with Gasteiger partial charge in [-0.3, -0.25) is 4.79 Å². The number of aromatic nitrogens is 2. The third kappa shape index (κ3) is 3.11. The van der Waals surface area contributed by atoms with E-state index in [1.807, 2.05) is 17.0 Å². The van der Waals surface area contributed by atoms with E-state index in [-0.39, 0.29) is 11.6 Å². The molecule has 132 valence electrons. The van der Waals surface area contributed by atoms with E-state index in [1.165, 1.54) is 12.8 Å². The maximum atomic E-state index is 13.2. The fourth-order valence-electron chi connectivity index (χ4n) is 3.80. The average molecular weight is 443 g/mol. The van der Waals surface area contributed by atoms with Gasteiger partial charge in [0.1, 0.15) is 5.15 Å². The van der Waals surface area contributed by atoms with E-state index in [1.54, 1.807) is 10.8 Å². The second-order valence-electron chi connectivity index (χ2n) is 6.71. The molecule has 1 atom stereocenters. The molecule has 1 unspecified atom stereocenters. The van der Waals surface area contributed by atoms with Crippen molar-refractivity contribution in [3.05, 3.63) is 48.9 Å². The largest absolute Gasteiger partial charge is 0.320 e. The van der Waals surface area contributed by atoms with Crippen LogP contribution in [0.5, 0.6) is 0 Å². The first-order chi connectivity index (χ1) is 12.0. The molecule has 1 saturated carbocycles. The highest BCUT2D eigenvalue weighted by atomic mass is 79.9. The Kier molecular flexibility index (Phi) is 4.59. The molecule has 0 bridgehead atoms. The molecule has 4 nitrogen and oxygen atoms in total. The van der Waals surface area contributed by atoms with Crippen molar-refractivity contribution in [3.63, 3.8) is 0 Å². The minimum atomic E-state index is -0.0880. The highest BCUT2D eigenvalue weighted by Crippen LogP contribution is 2.43. The van der Waals surface area contributed by atoms with Crippen molar-refractivity contribution < 1.29 is 0 Å². The normalized spacial score (nSPS) is 17.7. The lowest BCUT2D eigenvalue weighted by Crippen LogP contribution is -2.32. The quantitative estimate of drug-likeness (QED) is 0.638. The summed E-state index contributed by atoms with van der Waals surface area (Å²) in [7, 11) is 0. The zero-order chi connectivity index (χ0) is 17.7. The lowest BCUT2D eigenvalue weighted by molar-refractivity contribution is 0.419. The number of hydrogen-bond donors (Lipinski definition) is 0. The van der Waals surface area contributed by atoms with E-state index in [0.29, 0.717) is 28.5 Å². The van der Waals surface area contributed by atoms with E-state index in [0.717, 1.165) is 28.6 Å². The fourth-order valence-corrected chi connectivity index (χ4v) is 4.96. The third-order valence-electron chi connectivity index (χ3n) is 5.06. The molecule has 4 rings (SSSR count). The molecule has 25 heavy (non-hydrogen) atoms. The van der Waals surface area contributed by atoms with Crippen LogP contribution >= 0.6 is 39.1 Å². The molecule has 2 aliphatic rings. The number of halogens is 3. The van der Waals surface area contributed by atoms with Gasteiger partial charge >= 0.3 is 0 Å². The lowest BCUT2D eigenvalue weighted by atomic mass is 10.1. The zero-order valence-corrected chi connectivity index (χ0v) is 16.9. The number of nitrogens with zero attached hydrogens (tertiary/aromatic N) is 3. The smallest absolute Gasteiger partial charge is 0.294 e. The summed E-state index contributed by atoms with van der Waals surface area (Å²) >= 11 is 16.2. The Hall–Kier alpha value is -1.04. The van der Waals surface area contributed by atoms with Crippen molar-refractivity contribution in [2.24, 2.45) is 5.92 Å². The van der Waals surface area contributed by atoms with Crippen molar-refractivity contribution in [1.82, 2.24) is 9.55 Å². The molecular formula is C18H18BrCl2N3O. The van der Waals surface area contributed by atoms with Crippen LogP contribution < -0.4 is 10.5 Å². The summed E-state index contributed by atoms with van der Waals surface area (Å²) < 4.78 is 2.72. The Balaban J connectivity index is 1.83. The maximum absolute atomic E-state index is 13.2. The topological polar surface area (TPSA) is 38.1 Å². The van der Waals surface area contributed by atoms with Crippen LogP contribution in [-0.2, 0) is 6.42 Å². The van der Waals surface area contributed by atoms with Crippen molar-refractivity contribution in [2.45, 2.75) is 38.6 Å². The van der Waals surface area contributed by atoms with Gasteiger partial charge in [0.25, 0.3) is 5.56 Å². The summed E-state index contributed by atoms with van der Waals surface area (Å²) in [6, 6.07) is 4.08. The van der Waals surface area contributed by atoms with Crippen LogP contribution in [0.3, 0.4) is 0 Å². The number of fused-ring (bicyclic) bond motifs is 1. The Labute approximate surface area is 164 Å². The summed E-state index contributed by atoms with van der Waals surface area (Å²) in [4.78, 5) is 19.4. The number of rotatable bonds is 4. The molecule has 1 aromatic heterocycles. The van der Waals surface area contributed by atoms with E-state index in [2.05, 4.69) is 27.8 Å². The van der Waals surface area contributed by atoms with E-state index in [9.17, 15) is 4.79 Å². The molecule has 2 aromatic rings. The van der Waals surface area contributed by atoms with Crippen LogP contribution in [0.4, 0.5) is 11.5 Å². The average Bonchev–Trinajstić information content (AvgIpc) is 3.30. The minimum absolute atomic E-state index is 0.0880. The summed E-state index contributed by atoms with van der Waals surface area (Å²) in [5.41, 5.74) is 1.89. The SMILES string of the molecule is CCC(C1CC1)n1cc(Cl)nc(N2CCc3cc(Br)cc(Cl)c32)c1=O. The first kappa shape index (κ1) is 17.4. The Bertz CT molecular complexity index is 895. The molecule has 1 fully saturated rings. The molecule has 0 saturated heterocycles. The van der Waals surface area contributed by atoms with Gasteiger partial charge in [0, 0.05) is 23.3 Å². The number of benzene rings is 1. The lowest BCUT2D eigenvalue weighted by Gasteiger charge is -2.23. The van der Waals surface area contributed by atoms with Crippen LogP contribution in [0, 0.1) is 5.92 Å². The van der Waals surface area contributed by atoms with Gasteiger partial charge in [-0.2, -0.15) is 0 Å². The van der Waals surface area contributed by atoms with Crippen molar-refractivity contribution in [1.29, 1.82) is 0 Å². The van der Waals surface area contributed by atoms with E-state index in [4.69, 9.17) is 23.2 Å². The molecular weight excluding hydrogens is 425 g/mol. The van der Waals surface area contributed by atoms with Crippen LogP contribution in [-0.4, -0.2) is 16.1 Å². The monoisotopic (exact) mass is 441 g/mol. The maximum Gasteiger partial charge on any atom is 0.294 e. The molecule has 7 heteroatoms. The van der Waals surface area contributed by atoms with Gasteiger partial charge in [-0.05, 0) is 49.3 Å². The first-order valence-electron chi connectivity index (χ1n) is 8.53. The van der Waals surface area contributed by atoms with Crippen molar-refractivity contribution in [2.75, 3.05) is 11.4 Å². The van der Waals surface area contributed by atoms with Gasteiger partial charge in [-0.25, -0.2) is 4.98 Å². The second kappa shape index (κ2) is 6.60. The standard InChI is InChI=1S/C18H18BrCl2N3O/c1-2-14(10-3-4-10)24-9-15(21)22-17(18(24)25)23-6-5-11-7-12(19)8-13(20)16(11)23/h7-10,14H,2-6H2,1H3. The molecule has 1 aliphatic carbocycles. The van der Waals surface area contributed by atoms with Crippen molar-refractivity contribution >= 4 is 50.6 Å². The zero-order valence-electron chi connectivity index (χ0n) is 13.8. The predicted molar refractivity (Wildman–Crippen MR) is 105 cm³/mol. The van der Waals surface area contributed by atoms with Crippen LogP contribution in [0.25, 0.3) is 0 Å². The van der Waals surface area contributed by atoms with Gasteiger partial charge in [0.05, 0.1) is 10.7 Å². The van der Waals surface area contributed by atoms with Crippen LogP contribution in [0.1, 0.15) is 37.8 Å². The Morgan fingerprint density at radius 2 is 2.12 bits per heavy atom. The molecule has 0 amide bonds. The first-order valence-corrected chi connectivity index (χ1v) is 10.1. The molecule has 0 spiro atoms. The van der Waals surface area contributed by atoms with Gasteiger partial charge in [0.15, 0.2) is 0 Å². The predicted octanol–water partition coefficient (Wildman–Crippen LogP) is 5.37. The van der Waals surface area contributed by atoms with E-state index < -0.39 is 0 Å². The fraction of sp³-hybridized carbons (Fsp3) is 0.444. The second-order valence-corrected chi connectivity index (χ2v) is 8.42. The Morgan fingerprint density at radius 1 is 1.36 bits per heavy atom. The molecule has 1 aliphatic heterocycles. The van der Waals surface area contributed by atoms with Gasteiger partial charge in [-0.1, -0.05) is 46.1 Å². The Morgan fingerprint density at radius 3 is 2.80 bits per heavy atom. The van der Waals surface area contributed by atoms with Gasteiger partial charge in [0.2, 0.25) is 5.82 Å². The highest BCUT2D eigenvalue weighted by molar-refractivity contribution is 9.10. The molecule has 1 aromatic carbocycles. The van der Waals surface area contributed by atoms with E-state index >= 15 is 0 Å². The molecule has 0 radical (unpaired) electrons. The van der Waals surface area contributed by atoms with Crippen molar-refractivity contribution in [3.8, 4) is 0 Å². The summed E-state index contributed by atoms with van der Waals surface area (Å²) in [6.07, 6.45) is 5.76. The molecule has 0 N–H and O–H groups in total. The highest BCUT2D eigenvalue weighted by Gasteiger charge is 2.34. The molecule has 2 heterocycles. The number of hydrogen-bond acceptors (Lipinski definition) is 3. The third-order valence-corrected chi connectivity index (χ3v) is 5.99. The van der Waals surface area contributed by atoms with Gasteiger partial charge < -0.3 is 9.47 Å². The number of anilines is 2. The summed E-state index contributed by atoms with van der Waals surface area (Å²) in [6.45, 7) is 2.79. The summed E-state index contributed by atoms with van der Waals surface area (Å²) in [5, 5.41) is 0.958. The minimum Gasteiger partial charge on any atom is -0.320 e. The summed E-state index contributed by atoms with van der Waals surface area (Å²) in [5.74, 6) is 0.939. The van der Waals surface area contributed by atoms with Crippen LogP contribution in [0.2, 0.25) is 10.2 Å².